The number of fused-ring (bicyclic) bond motifs is 2. The molecular formula is C18H15ClN2O2S. The Bertz CT molecular complexity index is 909. The lowest BCUT2D eigenvalue weighted by atomic mass is 10.0. The van der Waals surface area contributed by atoms with Gasteiger partial charge in [-0.1, -0.05) is 28.9 Å². The van der Waals surface area contributed by atoms with E-state index < -0.39 is 0 Å². The summed E-state index contributed by atoms with van der Waals surface area (Å²) < 4.78 is 5.26. The van der Waals surface area contributed by atoms with Crippen LogP contribution in [0.15, 0.2) is 51.9 Å². The van der Waals surface area contributed by atoms with Crippen molar-refractivity contribution in [1.29, 1.82) is 0 Å². The highest BCUT2D eigenvalue weighted by molar-refractivity contribution is 7.99. The van der Waals surface area contributed by atoms with Crippen LogP contribution in [-0.4, -0.2) is 16.8 Å². The van der Waals surface area contributed by atoms with Gasteiger partial charge in [0.05, 0.1) is 12.5 Å². The van der Waals surface area contributed by atoms with Crippen LogP contribution < -0.4 is 5.32 Å². The number of carbonyl (C=O) groups excluding carboxylic acids is 1. The van der Waals surface area contributed by atoms with Crippen LogP contribution in [0.2, 0.25) is 5.02 Å². The largest absolute Gasteiger partial charge is 0.356 e. The number of aromatic nitrogens is 1. The maximum Gasteiger partial charge on any atom is 0.226 e. The number of amides is 1. The average Bonchev–Trinajstić information content (AvgIpc) is 2.98. The molecule has 0 fully saturated rings. The minimum atomic E-state index is -0.0584. The molecule has 1 aliphatic rings. The molecule has 1 aliphatic heterocycles. The number of nitrogens with zero attached hydrogens (tertiary/aromatic N) is 1. The van der Waals surface area contributed by atoms with E-state index in [1.54, 1.807) is 11.8 Å². The lowest BCUT2D eigenvalue weighted by Crippen LogP contribution is -2.31. The fraction of sp³-hybridized carbons (Fsp3) is 0.222. The number of carbonyl (C=O) groups is 1. The van der Waals surface area contributed by atoms with Crippen molar-refractivity contribution in [1.82, 2.24) is 10.5 Å². The van der Waals surface area contributed by atoms with Gasteiger partial charge in [-0.05, 0) is 42.3 Å². The summed E-state index contributed by atoms with van der Waals surface area (Å²) in [6.07, 6.45) is 1.10. The topological polar surface area (TPSA) is 55.1 Å². The third-order valence-corrected chi connectivity index (χ3v) is 5.48. The number of hydrogen-bond donors (Lipinski definition) is 1. The molecule has 0 unspecified atom stereocenters. The standard InChI is InChI=1S/C18H15ClN2O2S/c19-11-5-6-17-13(9-11)14(7-8-24-17)20-18(22)10-15-12-3-1-2-4-16(12)23-21-15/h1-6,9,14H,7-8,10H2,(H,20,22)/t14-/m0/s1. The van der Waals surface area contributed by atoms with E-state index in [4.69, 9.17) is 16.1 Å². The predicted molar refractivity (Wildman–Crippen MR) is 95.4 cm³/mol. The van der Waals surface area contributed by atoms with E-state index in [-0.39, 0.29) is 18.4 Å². The molecule has 0 radical (unpaired) electrons. The van der Waals surface area contributed by atoms with Crippen molar-refractivity contribution in [3.8, 4) is 0 Å². The molecule has 4 rings (SSSR count). The lowest BCUT2D eigenvalue weighted by Gasteiger charge is -2.26. The quantitative estimate of drug-likeness (QED) is 0.755. The Hall–Kier alpha value is -1.98. The minimum absolute atomic E-state index is 0.00869. The molecule has 0 saturated carbocycles. The molecule has 1 aromatic heterocycles. The third kappa shape index (κ3) is 3.01. The smallest absolute Gasteiger partial charge is 0.226 e. The number of benzene rings is 2. The van der Waals surface area contributed by atoms with Crippen LogP contribution in [0.4, 0.5) is 0 Å². The van der Waals surface area contributed by atoms with Crippen LogP contribution in [-0.2, 0) is 11.2 Å². The van der Waals surface area contributed by atoms with E-state index in [2.05, 4.69) is 10.5 Å². The van der Waals surface area contributed by atoms with Crippen LogP contribution in [0, 0.1) is 0 Å². The van der Waals surface area contributed by atoms with Crippen molar-refractivity contribution < 1.29 is 9.32 Å². The summed E-state index contributed by atoms with van der Waals surface area (Å²) in [6, 6.07) is 13.4. The maximum absolute atomic E-state index is 12.5. The molecule has 0 aliphatic carbocycles. The Balaban J connectivity index is 1.52. The zero-order valence-electron chi connectivity index (χ0n) is 12.8. The minimum Gasteiger partial charge on any atom is -0.356 e. The van der Waals surface area contributed by atoms with E-state index in [0.29, 0.717) is 16.3 Å². The summed E-state index contributed by atoms with van der Waals surface area (Å²) in [6.45, 7) is 0. The first-order chi connectivity index (χ1) is 11.7. The van der Waals surface area contributed by atoms with Gasteiger partial charge in [0.1, 0.15) is 5.69 Å². The van der Waals surface area contributed by atoms with Gasteiger partial charge in [0.25, 0.3) is 0 Å². The van der Waals surface area contributed by atoms with Crippen molar-refractivity contribution in [3.05, 3.63) is 58.7 Å². The number of rotatable bonds is 3. The van der Waals surface area contributed by atoms with Crippen molar-refractivity contribution in [2.75, 3.05) is 5.75 Å². The molecule has 4 nitrogen and oxygen atoms in total. The fourth-order valence-corrected chi connectivity index (χ4v) is 4.26. The van der Waals surface area contributed by atoms with Crippen LogP contribution in [0.25, 0.3) is 11.0 Å². The summed E-state index contributed by atoms with van der Waals surface area (Å²) in [5, 5.41) is 8.72. The Morgan fingerprint density at radius 3 is 3.12 bits per heavy atom. The van der Waals surface area contributed by atoms with E-state index in [1.807, 2.05) is 42.5 Å². The second kappa shape index (κ2) is 6.49. The molecule has 1 atom stereocenters. The Morgan fingerprint density at radius 1 is 1.33 bits per heavy atom. The van der Waals surface area contributed by atoms with E-state index in [1.165, 1.54) is 4.90 Å². The van der Waals surface area contributed by atoms with Crippen LogP contribution in [0.3, 0.4) is 0 Å². The summed E-state index contributed by atoms with van der Waals surface area (Å²) in [5.74, 6) is 0.920. The van der Waals surface area contributed by atoms with Gasteiger partial charge in [0.2, 0.25) is 5.91 Å². The SMILES string of the molecule is O=C(Cc1noc2ccccc12)N[C@H]1CCSc2ccc(Cl)cc21. The molecule has 3 aromatic rings. The summed E-state index contributed by atoms with van der Waals surface area (Å²) in [5.41, 5.74) is 2.46. The highest BCUT2D eigenvalue weighted by Crippen LogP contribution is 2.37. The van der Waals surface area contributed by atoms with Gasteiger partial charge in [-0.25, -0.2) is 0 Å². The van der Waals surface area contributed by atoms with Gasteiger partial charge in [-0.2, -0.15) is 0 Å². The van der Waals surface area contributed by atoms with Crippen molar-refractivity contribution >= 4 is 40.2 Å². The number of para-hydroxylation sites is 1. The zero-order valence-corrected chi connectivity index (χ0v) is 14.4. The predicted octanol–water partition coefficient (Wildman–Crippen LogP) is 4.38. The first-order valence-electron chi connectivity index (χ1n) is 7.75. The second-order valence-corrected chi connectivity index (χ2v) is 7.31. The molecule has 6 heteroatoms. The molecular weight excluding hydrogens is 344 g/mol. The normalized spacial score (nSPS) is 16.8. The monoisotopic (exact) mass is 358 g/mol. The molecule has 1 amide bonds. The van der Waals surface area contributed by atoms with Gasteiger partial charge in [-0.15, -0.1) is 11.8 Å². The molecule has 0 bridgehead atoms. The van der Waals surface area contributed by atoms with Crippen molar-refractivity contribution in [3.63, 3.8) is 0 Å². The van der Waals surface area contributed by atoms with E-state index >= 15 is 0 Å². The molecule has 2 heterocycles. The van der Waals surface area contributed by atoms with Gasteiger partial charge >= 0.3 is 0 Å². The zero-order chi connectivity index (χ0) is 16.5. The first kappa shape index (κ1) is 15.5. The van der Waals surface area contributed by atoms with Crippen molar-refractivity contribution in [2.45, 2.75) is 23.8 Å². The van der Waals surface area contributed by atoms with Gasteiger partial charge < -0.3 is 9.84 Å². The summed E-state index contributed by atoms with van der Waals surface area (Å²) in [4.78, 5) is 13.7. The van der Waals surface area contributed by atoms with Gasteiger partial charge in [0, 0.05) is 21.1 Å². The summed E-state index contributed by atoms with van der Waals surface area (Å²) in [7, 11) is 0. The molecule has 2 aromatic carbocycles. The Morgan fingerprint density at radius 2 is 2.21 bits per heavy atom. The first-order valence-corrected chi connectivity index (χ1v) is 9.12. The molecule has 0 saturated heterocycles. The average molecular weight is 359 g/mol. The fourth-order valence-electron chi connectivity index (χ4n) is 2.98. The lowest BCUT2D eigenvalue weighted by molar-refractivity contribution is -0.121. The van der Waals surface area contributed by atoms with Crippen LogP contribution in [0.1, 0.15) is 23.7 Å². The molecule has 24 heavy (non-hydrogen) atoms. The Labute approximate surface area is 148 Å². The number of halogens is 1. The summed E-state index contributed by atoms with van der Waals surface area (Å²) >= 11 is 7.91. The molecule has 0 spiro atoms. The van der Waals surface area contributed by atoms with Crippen LogP contribution in [0.5, 0.6) is 0 Å². The number of hydrogen-bond acceptors (Lipinski definition) is 4. The number of thioether (sulfide) groups is 1. The molecule has 1 N–H and O–H groups in total. The van der Waals surface area contributed by atoms with Crippen LogP contribution >= 0.6 is 23.4 Å². The van der Waals surface area contributed by atoms with Crippen molar-refractivity contribution in [2.24, 2.45) is 0 Å². The number of nitrogens with one attached hydrogen (secondary N) is 1. The molecule has 122 valence electrons. The van der Waals surface area contributed by atoms with E-state index in [9.17, 15) is 4.79 Å². The maximum atomic E-state index is 12.5. The van der Waals surface area contributed by atoms with E-state index in [0.717, 1.165) is 23.1 Å². The second-order valence-electron chi connectivity index (χ2n) is 5.74. The van der Waals surface area contributed by atoms with Gasteiger partial charge in [0.15, 0.2) is 5.58 Å². The van der Waals surface area contributed by atoms with Gasteiger partial charge in [-0.3, -0.25) is 4.79 Å². The Kier molecular flexibility index (Phi) is 4.21. The highest BCUT2D eigenvalue weighted by Gasteiger charge is 2.23. The highest BCUT2D eigenvalue weighted by atomic mass is 35.5. The third-order valence-electron chi connectivity index (χ3n) is 4.13.